The summed E-state index contributed by atoms with van der Waals surface area (Å²) in [5, 5.41) is 13.5. The first-order chi connectivity index (χ1) is 8.19. The van der Waals surface area contributed by atoms with Crippen LogP contribution >= 0.6 is 11.3 Å². The Kier molecular flexibility index (Phi) is 5.40. The van der Waals surface area contributed by atoms with Gasteiger partial charge in [-0.1, -0.05) is 0 Å². The second-order valence-electron chi connectivity index (χ2n) is 3.39. The maximum absolute atomic E-state index is 11.6. The van der Waals surface area contributed by atoms with Gasteiger partial charge in [-0.25, -0.2) is 0 Å². The third kappa shape index (κ3) is 4.02. The fourth-order valence-electron chi connectivity index (χ4n) is 1.17. The lowest BCUT2D eigenvalue weighted by Gasteiger charge is -2.02. The van der Waals surface area contributed by atoms with Gasteiger partial charge in [0.05, 0.1) is 6.61 Å². The van der Waals surface area contributed by atoms with Crippen LogP contribution in [0.1, 0.15) is 10.4 Å². The Morgan fingerprint density at radius 2 is 2.47 bits per heavy atom. The molecular weight excluding hydrogens is 236 g/mol. The predicted octanol–water partition coefficient (Wildman–Crippen LogP) is 1.73. The van der Waals surface area contributed by atoms with Crippen LogP contribution < -0.4 is 5.32 Å². The van der Waals surface area contributed by atoms with E-state index in [9.17, 15) is 4.79 Å². The molecule has 1 aromatic rings. The van der Waals surface area contributed by atoms with Gasteiger partial charge in [-0.2, -0.15) is 5.26 Å². The number of carbonyl (C=O) groups excluding carboxylic acids is 1. The predicted molar refractivity (Wildman–Crippen MR) is 67.5 cm³/mol. The molecular formula is C12H14N2O2S. The maximum atomic E-state index is 11.6. The van der Waals surface area contributed by atoms with E-state index >= 15 is 0 Å². The SMILES string of the molecule is COCCNC(=O)C(C#N)=Cc1sccc1C. The minimum absolute atomic E-state index is 0.117. The summed E-state index contributed by atoms with van der Waals surface area (Å²) >= 11 is 1.51. The molecule has 0 spiro atoms. The largest absolute Gasteiger partial charge is 0.383 e. The van der Waals surface area contributed by atoms with Gasteiger partial charge in [0.1, 0.15) is 11.6 Å². The van der Waals surface area contributed by atoms with Crippen LogP contribution in [0.3, 0.4) is 0 Å². The van der Waals surface area contributed by atoms with E-state index < -0.39 is 0 Å². The normalized spacial score (nSPS) is 11.0. The molecule has 90 valence electrons. The molecule has 1 amide bonds. The van der Waals surface area contributed by atoms with Crippen LogP contribution in [0.4, 0.5) is 0 Å². The van der Waals surface area contributed by atoms with E-state index in [4.69, 9.17) is 10.00 Å². The van der Waals surface area contributed by atoms with Crippen molar-refractivity contribution in [3.63, 3.8) is 0 Å². The van der Waals surface area contributed by atoms with Crippen molar-refractivity contribution in [2.24, 2.45) is 0 Å². The number of ether oxygens (including phenoxy) is 1. The highest BCUT2D eigenvalue weighted by atomic mass is 32.1. The van der Waals surface area contributed by atoms with Gasteiger partial charge >= 0.3 is 0 Å². The zero-order valence-electron chi connectivity index (χ0n) is 9.82. The Labute approximate surface area is 105 Å². The number of hydrogen-bond acceptors (Lipinski definition) is 4. The third-order valence-corrected chi connectivity index (χ3v) is 3.10. The molecule has 1 heterocycles. The number of aryl methyl sites for hydroxylation is 1. The molecule has 0 saturated heterocycles. The number of hydrogen-bond donors (Lipinski definition) is 1. The summed E-state index contributed by atoms with van der Waals surface area (Å²) in [6.07, 6.45) is 1.61. The van der Waals surface area contributed by atoms with Gasteiger partial charge < -0.3 is 10.1 Å². The molecule has 1 N–H and O–H groups in total. The fraction of sp³-hybridized carbons (Fsp3) is 0.333. The lowest BCUT2D eigenvalue weighted by molar-refractivity contribution is -0.117. The monoisotopic (exact) mass is 250 g/mol. The van der Waals surface area contributed by atoms with Crippen LogP contribution in [0.25, 0.3) is 6.08 Å². The van der Waals surface area contributed by atoms with Crippen LogP contribution in [-0.2, 0) is 9.53 Å². The molecule has 1 aromatic heterocycles. The Balaban J connectivity index is 2.72. The number of amides is 1. The summed E-state index contributed by atoms with van der Waals surface area (Å²) in [5.74, 6) is -0.364. The van der Waals surface area contributed by atoms with E-state index in [-0.39, 0.29) is 11.5 Å². The quantitative estimate of drug-likeness (QED) is 0.492. The average molecular weight is 250 g/mol. The summed E-state index contributed by atoms with van der Waals surface area (Å²) in [6, 6.07) is 3.86. The first-order valence-corrected chi connectivity index (χ1v) is 6.00. The highest BCUT2D eigenvalue weighted by molar-refractivity contribution is 7.11. The van der Waals surface area contributed by atoms with Crippen molar-refractivity contribution in [2.45, 2.75) is 6.92 Å². The van der Waals surface area contributed by atoms with E-state index in [2.05, 4.69) is 5.32 Å². The molecule has 0 aliphatic rings. The van der Waals surface area contributed by atoms with Crippen LogP contribution in [-0.4, -0.2) is 26.2 Å². The van der Waals surface area contributed by atoms with Gasteiger partial charge in [-0.15, -0.1) is 11.3 Å². The number of carbonyl (C=O) groups is 1. The standard InChI is InChI=1S/C12H14N2O2S/c1-9-3-6-17-11(9)7-10(8-13)12(15)14-4-5-16-2/h3,6-7H,4-5H2,1-2H3,(H,14,15). The zero-order valence-corrected chi connectivity index (χ0v) is 10.6. The summed E-state index contributed by atoms with van der Waals surface area (Å²) < 4.78 is 4.82. The molecule has 1 rings (SSSR count). The molecule has 0 unspecified atom stereocenters. The number of methoxy groups -OCH3 is 1. The number of nitriles is 1. The summed E-state index contributed by atoms with van der Waals surface area (Å²) in [6.45, 7) is 2.78. The van der Waals surface area contributed by atoms with Crippen molar-refractivity contribution in [3.05, 3.63) is 27.5 Å². The molecule has 0 aliphatic heterocycles. The molecule has 5 heteroatoms. The molecule has 0 atom stereocenters. The van der Waals surface area contributed by atoms with E-state index in [1.54, 1.807) is 13.2 Å². The molecule has 0 aromatic carbocycles. The lowest BCUT2D eigenvalue weighted by Crippen LogP contribution is -2.27. The molecule has 0 radical (unpaired) electrons. The first kappa shape index (κ1) is 13.4. The second kappa shape index (κ2) is 6.84. The van der Waals surface area contributed by atoms with Crippen molar-refractivity contribution in [1.29, 1.82) is 5.26 Å². The average Bonchev–Trinajstić information content (AvgIpc) is 2.72. The van der Waals surface area contributed by atoms with Crippen molar-refractivity contribution >= 4 is 23.3 Å². The van der Waals surface area contributed by atoms with E-state index in [1.807, 2.05) is 24.4 Å². The topological polar surface area (TPSA) is 62.1 Å². The van der Waals surface area contributed by atoms with Gasteiger partial charge in [0.2, 0.25) is 0 Å². The van der Waals surface area contributed by atoms with Gasteiger partial charge in [-0.3, -0.25) is 4.79 Å². The second-order valence-corrected chi connectivity index (χ2v) is 4.33. The summed E-state index contributed by atoms with van der Waals surface area (Å²) in [4.78, 5) is 12.6. The van der Waals surface area contributed by atoms with Crippen molar-refractivity contribution in [2.75, 3.05) is 20.3 Å². The zero-order chi connectivity index (χ0) is 12.7. The lowest BCUT2D eigenvalue weighted by atomic mass is 10.2. The van der Waals surface area contributed by atoms with Gasteiger partial charge in [-0.05, 0) is 30.0 Å². The summed E-state index contributed by atoms with van der Waals surface area (Å²) in [5.41, 5.74) is 1.18. The molecule has 0 fully saturated rings. The van der Waals surface area contributed by atoms with Crippen molar-refractivity contribution in [1.82, 2.24) is 5.32 Å². The first-order valence-electron chi connectivity index (χ1n) is 5.12. The van der Waals surface area contributed by atoms with E-state index in [1.165, 1.54) is 11.3 Å². The number of nitrogens with zero attached hydrogens (tertiary/aromatic N) is 1. The maximum Gasteiger partial charge on any atom is 0.262 e. The van der Waals surface area contributed by atoms with Crippen molar-refractivity contribution < 1.29 is 9.53 Å². The Bertz CT molecular complexity index is 457. The minimum atomic E-state index is -0.364. The minimum Gasteiger partial charge on any atom is -0.383 e. The molecule has 0 aliphatic carbocycles. The third-order valence-electron chi connectivity index (χ3n) is 2.13. The van der Waals surface area contributed by atoms with Crippen LogP contribution in [0.5, 0.6) is 0 Å². The smallest absolute Gasteiger partial charge is 0.262 e. The van der Waals surface area contributed by atoms with Crippen LogP contribution in [0.15, 0.2) is 17.0 Å². The Hall–Kier alpha value is -1.64. The molecule has 0 bridgehead atoms. The fourth-order valence-corrected chi connectivity index (χ4v) is 2.03. The van der Waals surface area contributed by atoms with Gasteiger partial charge in [0.15, 0.2) is 0 Å². The van der Waals surface area contributed by atoms with E-state index in [0.29, 0.717) is 13.2 Å². The number of thiophene rings is 1. The van der Waals surface area contributed by atoms with Gasteiger partial charge in [0, 0.05) is 18.5 Å². The highest BCUT2D eigenvalue weighted by Gasteiger charge is 2.09. The summed E-state index contributed by atoms with van der Waals surface area (Å²) in [7, 11) is 1.56. The molecule has 0 saturated carbocycles. The van der Waals surface area contributed by atoms with Crippen molar-refractivity contribution in [3.8, 4) is 6.07 Å². The number of rotatable bonds is 5. The molecule has 4 nitrogen and oxygen atoms in total. The van der Waals surface area contributed by atoms with Crippen LogP contribution in [0, 0.1) is 18.3 Å². The Morgan fingerprint density at radius 1 is 1.71 bits per heavy atom. The van der Waals surface area contributed by atoms with Gasteiger partial charge in [0.25, 0.3) is 5.91 Å². The van der Waals surface area contributed by atoms with Crippen LogP contribution in [0.2, 0.25) is 0 Å². The highest BCUT2D eigenvalue weighted by Crippen LogP contribution is 2.18. The Morgan fingerprint density at radius 3 is 3.00 bits per heavy atom. The van der Waals surface area contributed by atoms with E-state index in [0.717, 1.165) is 10.4 Å². The number of nitrogens with one attached hydrogen (secondary N) is 1. The molecule has 17 heavy (non-hydrogen) atoms.